The molecule has 0 aromatic heterocycles. The van der Waals surface area contributed by atoms with E-state index >= 15 is 0 Å². The molecule has 100 valence electrons. The van der Waals surface area contributed by atoms with Crippen LogP contribution in [0.4, 0.5) is 8.78 Å². The van der Waals surface area contributed by atoms with E-state index < -0.39 is 11.6 Å². The molecule has 1 fully saturated rings. The average molecular weight is 255 g/mol. The summed E-state index contributed by atoms with van der Waals surface area (Å²) in [6.45, 7) is 0. The second kappa shape index (κ2) is 5.76. The zero-order valence-corrected chi connectivity index (χ0v) is 10.5. The van der Waals surface area contributed by atoms with E-state index in [0.717, 1.165) is 31.2 Å². The van der Waals surface area contributed by atoms with E-state index in [1.165, 1.54) is 12.1 Å². The summed E-state index contributed by atoms with van der Waals surface area (Å²) >= 11 is 0. The summed E-state index contributed by atoms with van der Waals surface area (Å²) in [7, 11) is 1.83. The summed E-state index contributed by atoms with van der Waals surface area (Å²) in [6, 6.07) is 4.09. The maximum absolute atomic E-state index is 13.3. The largest absolute Gasteiger partial charge is 0.393 e. The predicted octanol–water partition coefficient (Wildman–Crippen LogP) is 2.78. The maximum atomic E-state index is 13.3. The summed E-state index contributed by atoms with van der Waals surface area (Å²) in [5, 5.41) is 12.7. The molecule has 1 atom stereocenters. The van der Waals surface area contributed by atoms with Crippen LogP contribution in [0.25, 0.3) is 0 Å². The van der Waals surface area contributed by atoms with Crippen molar-refractivity contribution >= 4 is 0 Å². The molecule has 2 rings (SSSR count). The number of benzene rings is 1. The fraction of sp³-hybridized carbons (Fsp3) is 0.571. The van der Waals surface area contributed by atoms with Crippen molar-refractivity contribution in [3.05, 3.63) is 35.4 Å². The third-order valence-electron chi connectivity index (χ3n) is 3.83. The Morgan fingerprint density at radius 3 is 2.39 bits per heavy atom. The zero-order chi connectivity index (χ0) is 13.1. The van der Waals surface area contributed by atoms with Gasteiger partial charge in [0.25, 0.3) is 0 Å². The highest BCUT2D eigenvalue weighted by Crippen LogP contribution is 2.34. The van der Waals surface area contributed by atoms with Crippen LogP contribution in [0, 0.1) is 17.6 Å². The minimum atomic E-state index is -0.812. The van der Waals surface area contributed by atoms with E-state index in [-0.39, 0.29) is 12.1 Å². The summed E-state index contributed by atoms with van der Waals surface area (Å²) in [5.74, 6) is -1.25. The van der Waals surface area contributed by atoms with Crippen molar-refractivity contribution in [1.82, 2.24) is 5.32 Å². The third kappa shape index (κ3) is 2.87. The van der Waals surface area contributed by atoms with Gasteiger partial charge in [0, 0.05) is 6.04 Å². The number of aliphatic hydroxyl groups is 1. The van der Waals surface area contributed by atoms with E-state index in [1.807, 2.05) is 7.05 Å². The number of hydrogen-bond acceptors (Lipinski definition) is 2. The number of rotatable bonds is 3. The Bertz CT molecular complexity index is 403. The summed E-state index contributed by atoms with van der Waals surface area (Å²) in [5.41, 5.74) is 0.776. The van der Waals surface area contributed by atoms with Gasteiger partial charge < -0.3 is 10.4 Å². The smallest absolute Gasteiger partial charge is 0.159 e. The highest BCUT2D eigenvalue weighted by atomic mass is 19.2. The molecular formula is C14H19F2NO. The van der Waals surface area contributed by atoms with Gasteiger partial charge in [-0.15, -0.1) is 0 Å². The second-order valence-electron chi connectivity index (χ2n) is 5.01. The van der Waals surface area contributed by atoms with Crippen molar-refractivity contribution in [2.24, 2.45) is 5.92 Å². The molecule has 1 saturated carbocycles. The molecule has 0 bridgehead atoms. The van der Waals surface area contributed by atoms with Gasteiger partial charge in [-0.25, -0.2) is 8.78 Å². The molecular weight excluding hydrogens is 236 g/mol. The highest BCUT2D eigenvalue weighted by Gasteiger charge is 2.27. The minimum absolute atomic E-state index is 0.0209. The van der Waals surface area contributed by atoms with Crippen LogP contribution in [-0.4, -0.2) is 18.3 Å². The summed E-state index contributed by atoms with van der Waals surface area (Å²) < 4.78 is 26.2. The molecule has 1 aromatic carbocycles. The van der Waals surface area contributed by atoms with Gasteiger partial charge in [-0.2, -0.15) is 0 Å². The Hall–Kier alpha value is -1.00. The lowest BCUT2D eigenvalue weighted by Gasteiger charge is -2.32. The van der Waals surface area contributed by atoms with E-state index in [9.17, 15) is 13.9 Å². The number of halogens is 2. The van der Waals surface area contributed by atoms with Crippen molar-refractivity contribution in [3.63, 3.8) is 0 Å². The van der Waals surface area contributed by atoms with Crippen LogP contribution in [-0.2, 0) is 0 Å². The number of hydrogen-bond donors (Lipinski definition) is 2. The lowest BCUT2D eigenvalue weighted by molar-refractivity contribution is 0.0981. The zero-order valence-electron chi connectivity index (χ0n) is 10.5. The number of nitrogens with one attached hydrogen (secondary N) is 1. The van der Waals surface area contributed by atoms with Crippen LogP contribution in [0.15, 0.2) is 18.2 Å². The third-order valence-corrected chi connectivity index (χ3v) is 3.83. The fourth-order valence-electron chi connectivity index (χ4n) is 2.82. The average Bonchev–Trinajstić information content (AvgIpc) is 2.37. The van der Waals surface area contributed by atoms with Crippen LogP contribution < -0.4 is 5.32 Å². The Labute approximate surface area is 106 Å². The van der Waals surface area contributed by atoms with Crippen molar-refractivity contribution in [1.29, 1.82) is 0 Å². The molecule has 0 heterocycles. The van der Waals surface area contributed by atoms with Gasteiger partial charge in [-0.3, -0.25) is 0 Å². The molecule has 2 nitrogen and oxygen atoms in total. The molecule has 1 unspecified atom stereocenters. The Morgan fingerprint density at radius 2 is 1.83 bits per heavy atom. The summed E-state index contributed by atoms with van der Waals surface area (Å²) in [4.78, 5) is 0. The topological polar surface area (TPSA) is 32.3 Å². The first-order valence-corrected chi connectivity index (χ1v) is 6.42. The Kier molecular flexibility index (Phi) is 4.30. The van der Waals surface area contributed by atoms with Gasteiger partial charge in [-0.1, -0.05) is 6.07 Å². The van der Waals surface area contributed by atoms with E-state index in [4.69, 9.17) is 0 Å². The van der Waals surface area contributed by atoms with Crippen molar-refractivity contribution in [3.8, 4) is 0 Å². The van der Waals surface area contributed by atoms with Crippen LogP contribution in [0.2, 0.25) is 0 Å². The molecule has 1 aliphatic carbocycles. The Morgan fingerprint density at radius 1 is 1.17 bits per heavy atom. The molecule has 18 heavy (non-hydrogen) atoms. The normalized spacial score (nSPS) is 26.0. The first-order chi connectivity index (χ1) is 8.61. The van der Waals surface area contributed by atoms with E-state index in [2.05, 4.69) is 5.32 Å². The first kappa shape index (κ1) is 13.4. The molecule has 1 aromatic rings. The van der Waals surface area contributed by atoms with E-state index in [0.29, 0.717) is 5.92 Å². The molecule has 0 saturated heterocycles. The molecule has 1 aliphatic rings. The first-order valence-electron chi connectivity index (χ1n) is 6.42. The van der Waals surface area contributed by atoms with Gasteiger partial charge in [0.15, 0.2) is 11.6 Å². The lowest BCUT2D eigenvalue weighted by atomic mass is 9.80. The molecule has 0 spiro atoms. The Balaban J connectivity index is 2.14. The standard InChI is InChI=1S/C14H19F2NO/c1-17-14(9-2-5-11(18)6-3-9)10-4-7-12(15)13(16)8-10/h4,7-9,11,14,17-18H,2-3,5-6H2,1H3. The van der Waals surface area contributed by atoms with Gasteiger partial charge in [0.1, 0.15) is 0 Å². The SMILES string of the molecule is CNC(c1ccc(F)c(F)c1)C1CCC(O)CC1. The van der Waals surface area contributed by atoms with Gasteiger partial charge in [0.05, 0.1) is 6.10 Å². The lowest BCUT2D eigenvalue weighted by Crippen LogP contribution is -2.30. The fourth-order valence-corrected chi connectivity index (χ4v) is 2.82. The van der Waals surface area contributed by atoms with Crippen LogP contribution in [0.5, 0.6) is 0 Å². The molecule has 4 heteroatoms. The molecule has 0 aliphatic heterocycles. The highest BCUT2D eigenvalue weighted by molar-refractivity contribution is 5.22. The van der Waals surface area contributed by atoms with Crippen LogP contribution >= 0.6 is 0 Å². The van der Waals surface area contributed by atoms with Crippen LogP contribution in [0.3, 0.4) is 0 Å². The van der Waals surface area contributed by atoms with Crippen molar-refractivity contribution in [2.45, 2.75) is 37.8 Å². The quantitative estimate of drug-likeness (QED) is 0.870. The molecule has 2 N–H and O–H groups in total. The molecule has 0 amide bonds. The summed E-state index contributed by atoms with van der Waals surface area (Å²) in [6.07, 6.45) is 3.18. The van der Waals surface area contributed by atoms with Gasteiger partial charge in [0.2, 0.25) is 0 Å². The maximum Gasteiger partial charge on any atom is 0.159 e. The molecule has 0 radical (unpaired) electrons. The van der Waals surface area contributed by atoms with Gasteiger partial charge in [-0.05, 0) is 56.3 Å². The number of aliphatic hydroxyl groups excluding tert-OH is 1. The monoisotopic (exact) mass is 255 g/mol. The van der Waals surface area contributed by atoms with Crippen LogP contribution in [0.1, 0.15) is 37.3 Å². The van der Waals surface area contributed by atoms with Crippen molar-refractivity contribution in [2.75, 3.05) is 7.05 Å². The minimum Gasteiger partial charge on any atom is -0.393 e. The second-order valence-corrected chi connectivity index (χ2v) is 5.01. The van der Waals surface area contributed by atoms with E-state index in [1.54, 1.807) is 6.07 Å². The van der Waals surface area contributed by atoms with Gasteiger partial charge >= 0.3 is 0 Å². The van der Waals surface area contributed by atoms with Crippen molar-refractivity contribution < 1.29 is 13.9 Å². The predicted molar refractivity (Wildman–Crippen MR) is 66.1 cm³/mol.